The Morgan fingerprint density at radius 3 is 2.38 bits per heavy atom. The highest BCUT2D eigenvalue weighted by molar-refractivity contribution is 5.99. The van der Waals surface area contributed by atoms with Gasteiger partial charge in [-0.25, -0.2) is 19.7 Å². The third-order valence-corrected chi connectivity index (χ3v) is 6.95. The standard InChI is InChI=1S/C31H30N8O3/c1-20(40)15-21-3-7-25(8-4-21)34-31(41)36-28-10-6-23(17-32-28)29-35-27-16-22(24-18-33-38(2)19-24)5-9-26(27)30(37-29)39-11-13-42-14-12-39/h3-10,16-19H,11-15H2,1-2H3,(H2,32,34,36,41). The van der Waals surface area contributed by atoms with Gasteiger partial charge in [0, 0.05) is 61.2 Å². The van der Waals surface area contributed by atoms with E-state index in [0.29, 0.717) is 37.0 Å². The fourth-order valence-electron chi connectivity index (χ4n) is 4.88. The monoisotopic (exact) mass is 562 g/mol. The number of morpholine rings is 1. The minimum Gasteiger partial charge on any atom is -0.378 e. The topological polar surface area (TPSA) is 127 Å². The molecule has 1 fully saturated rings. The number of carbonyl (C=O) groups excluding carboxylic acids is 2. The summed E-state index contributed by atoms with van der Waals surface area (Å²) < 4.78 is 7.35. The molecule has 4 heterocycles. The Bertz CT molecular complexity index is 1740. The van der Waals surface area contributed by atoms with E-state index in [9.17, 15) is 9.59 Å². The predicted octanol–water partition coefficient (Wildman–Crippen LogP) is 4.70. The molecule has 1 aliphatic rings. The summed E-state index contributed by atoms with van der Waals surface area (Å²) in [6, 6.07) is 16.5. The molecule has 2 N–H and O–H groups in total. The van der Waals surface area contributed by atoms with Crippen molar-refractivity contribution in [3.05, 3.63) is 78.8 Å². The highest BCUT2D eigenvalue weighted by Crippen LogP contribution is 2.31. The first-order valence-corrected chi connectivity index (χ1v) is 13.7. The van der Waals surface area contributed by atoms with E-state index in [1.54, 1.807) is 36.0 Å². The van der Waals surface area contributed by atoms with Crippen molar-refractivity contribution in [2.75, 3.05) is 41.8 Å². The van der Waals surface area contributed by atoms with E-state index in [1.165, 1.54) is 0 Å². The van der Waals surface area contributed by atoms with Crippen LogP contribution in [0.1, 0.15) is 12.5 Å². The lowest BCUT2D eigenvalue weighted by atomic mass is 10.1. The zero-order valence-electron chi connectivity index (χ0n) is 23.4. The van der Waals surface area contributed by atoms with Crippen LogP contribution in [0.15, 0.2) is 73.2 Å². The SMILES string of the molecule is CC(=O)Cc1ccc(NC(=O)Nc2ccc(-c3nc(N4CCOCC4)c4ccc(-c5cnn(C)c5)cc4n3)cn2)cc1. The second-order valence-electron chi connectivity index (χ2n) is 10.2. The van der Waals surface area contributed by atoms with Crippen LogP contribution in [0.5, 0.6) is 0 Å². The van der Waals surface area contributed by atoms with Crippen molar-refractivity contribution in [2.24, 2.45) is 7.05 Å². The van der Waals surface area contributed by atoms with E-state index in [4.69, 9.17) is 14.7 Å². The molecule has 11 heteroatoms. The number of urea groups is 1. The molecule has 0 bridgehead atoms. The van der Waals surface area contributed by atoms with E-state index in [1.807, 2.05) is 37.6 Å². The molecule has 1 aliphatic heterocycles. The number of pyridine rings is 1. The van der Waals surface area contributed by atoms with E-state index < -0.39 is 6.03 Å². The number of aromatic nitrogens is 5. The highest BCUT2D eigenvalue weighted by atomic mass is 16.5. The van der Waals surface area contributed by atoms with Crippen molar-refractivity contribution in [3.8, 4) is 22.5 Å². The van der Waals surface area contributed by atoms with Crippen LogP contribution in [-0.2, 0) is 23.0 Å². The van der Waals surface area contributed by atoms with Crippen LogP contribution in [0.25, 0.3) is 33.4 Å². The Balaban J connectivity index is 1.24. The number of anilines is 3. The third-order valence-electron chi connectivity index (χ3n) is 6.95. The molecule has 0 radical (unpaired) electrons. The number of amides is 2. The van der Waals surface area contributed by atoms with Gasteiger partial charge in [-0.2, -0.15) is 5.10 Å². The first-order chi connectivity index (χ1) is 20.4. The zero-order valence-corrected chi connectivity index (χ0v) is 23.4. The quantitative estimate of drug-likeness (QED) is 0.292. The molecule has 42 heavy (non-hydrogen) atoms. The molecule has 0 aliphatic carbocycles. The van der Waals surface area contributed by atoms with Gasteiger partial charge in [-0.15, -0.1) is 0 Å². The molecule has 0 spiro atoms. The molecular formula is C31H30N8O3. The fraction of sp³-hybridized carbons (Fsp3) is 0.226. The molecule has 0 atom stereocenters. The van der Waals surface area contributed by atoms with Crippen LogP contribution in [0.4, 0.5) is 22.1 Å². The predicted molar refractivity (Wildman–Crippen MR) is 161 cm³/mol. The Kier molecular flexibility index (Phi) is 7.56. The second-order valence-corrected chi connectivity index (χ2v) is 10.2. The lowest BCUT2D eigenvalue weighted by molar-refractivity contribution is -0.116. The number of Topliss-reactive ketones (excluding diaryl/α,β-unsaturated/α-hetero) is 1. The van der Waals surface area contributed by atoms with Gasteiger partial charge < -0.3 is 15.0 Å². The Labute approximate surface area is 242 Å². The molecule has 0 saturated carbocycles. The van der Waals surface area contributed by atoms with Gasteiger partial charge in [-0.3, -0.25) is 14.8 Å². The maximum atomic E-state index is 12.6. The first kappa shape index (κ1) is 27.0. The molecule has 2 aromatic carbocycles. The van der Waals surface area contributed by atoms with Gasteiger partial charge in [0.05, 0.1) is 24.9 Å². The third kappa shape index (κ3) is 6.11. The Morgan fingerprint density at radius 1 is 0.905 bits per heavy atom. The number of nitrogens with zero attached hydrogens (tertiary/aromatic N) is 6. The van der Waals surface area contributed by atoms with E-state index in [-0.39, 0.29) is 5.78 Å². The van der Waals surface area contributed by atoms with Crippen molar-refractivity contribution in [1.82, 2.24) is 24.7 Å². The van der Waals surface area contributed by atoms with Gasteiger partial charge in [0.15, 0.2) is 5.82 Å². The molecule has 0 unspecified atom stereocenters. The number of carbonyl (C=O) groups is 2. The smallest absolute Gasteiger partial charge is 0.324 e. The van der Waals surface area contributed by atoms with Crippen LogP contribution < -0.4 is 15.5 Å². The second kappa shape index (κ2) is 11.8. The number of benzene rings is 2. The molecule has 212 valence electrons. The largest absolute Gasteiger partial charge is 0.378 e. The van der Waals surface area contributed by atoms with Gasteiger partial charge in [0.25, 0.3) is 0 Å². The average molecular weight is 563 g/mol. The van der Waals surface area contributed by atoms with Crippen LogP contribution in [0.2, 0.25) is 0 Å². The summed E-state index contributed by atoms with van der Waals surface area (Å²) in [4.78, 5) is 40.4. The van der Waals surface area contributed by atoms with Crippen molar-refractivity contribution >= 4 is 40.0 Å². The van der Waals surface area contributed by atoms with Gasteiger partial charge in [0.2, 0.25) is 0 Å². The molecule has 3 aromatic heterocycles. The molecule has 5 aromatic rings. The number of hydrogen-bond donors (Lipinski definition) is 2. The van der Waals surface area contributed by atoms with Gasteiger partial charge in [0.1, 0.15) is 17.4 Å². The maximum Gasteiger partial charge on any atom is 0.324 e. The average Bonchev–Trinajstić information content (AvgIpc) is 3.44. The summed E-state index contributed by atoms with van der Waals surface area (Å²) in [6.45, 7) is 4.31. The zero-order chi connectivity index (χ0) is 29.1. The van der Waals surface area contributed by atoms with Crippen LogP contribution >= 0.6 is 0 Å². The molecule has 6 rings (SSSR count). The van der Waals surface area contributed by atoms with Crippen LogP contribution in [-0.4, -0.2) is 62.9 Å². The molecular weight excluding hydrogens is 532 g/mol. The summed E-state index contributed by atoms with van der Waals surface area (Å²) >= 11 is 0. The normalized spacial score (nSPS) is 13.2. The van der Waals surface area contributed by atoms with Gasteiger partial charge in [-0.05, 0) is 54.4 Å². The summed E-state index contributed by atoms with van der Waals surface area (Å²) in [5.74, 6) is 1.87. The van der Waals surface area contributed by atoms with Gasteiger partial charge >= 0.3 is 6.03 Å². The first-order valence-electron chi connectivity index (χ1n) is 13.7. The van der Waals surface area contributed by atoms with Gasteiger partial charge in [-0.1, -0.05) is 18.2 Å². The minimum atomic E-state index is -0.422. The number of rotatable bonds is 7. The Morgan fingerprint density at radius 2 is 1.69 bits per heavy atom. The molecule has 2 amide bonds. The molecule has 11 nitrogen and oxygen atoms in total. The van der Waals surface area contributed by atoms with Crippen LogP contribution in [0, 0.1) is 0 Å². The number of nitrogens with one attached hydrogen (secondary N) is 2. The Hall–Kier alpha value is -5.16. The van der Waals surface area contributed by atoms with Crippen molar-refractivity contribution in [3.63, 3.8) is 0 Å². The highest BCUT2D eigenvalue weighted by Gasteiger charge is 2.19. The summed E-state index contributed by atoms with van der Waals surface area (Å²) in [5.41, 5.74) is 5.08. The van der Waals surface area contributed by atoms with Crippen molar-refractivity contribution in [1.29, 1.82) is 0 Å². The number of ketones is 1. The fourth-order valence-corrected chi connectivity index (χ4v) is 4.88. The summed E-state index contributed by atoms with van der Waals surface area (Å²) in [6.07, 6.45) is 5.83. The van der Waals surface area contributed by atoms with E-state index in [2.05, 4.69) is 43.8 Å². The van der Waals surface area contributed by atoms with Crippen LogP contribution in [0.3, 0.4) is 0 Å². The molecule has 1 saturated heterocycles. The number of hydrogen-bond acceptors (Lipinski definition) is 8. The lowest BCUT2D eigenvalue weighted by Crippen LogP contribution is -2.37. The van der Waals surface area contributed by atoms with E-state index in [0.717, 1.165) is 52.1 Å². The van der Waals surface area contributed by atoms with Crippen molar-refractivity contribution in [2.45, 2.75) is 13.3 Å². The number of ether oxygens (including phenoxy) is 1. The summed E-state index contributed by atoms with van der Waals surface area (Å²) in [7, 11) is 1.89. The lowest BCUT2D eigenvalue weighted by Gasteiger charge is -2.29. The van der Waals surface area contributed by atoms with Crippen molar-refractivity contribution < 1.29 is 14.3 Å². The number of fused-ring (bicyclic) bond motifs is 1. The minimum absolute atomic E-state index is 0.0869. The summed E-state index contributed by atoms with van der Waals surface area (Å²) in [5, 5.41) is 10.8. The van der Waals surface area contributed by atoms with E-state index >= 15 is 0 Å². The number of aryl methyl sites for hydroxylation is 1. The maximum absolute atomic E-state index is 12.6.